The lowest BCUT2D eigenvalue weighted by Crippen LogP contribution is -2.10. The quantitative estimate of drug-likeness (QED) is 0.539. The van der Waals surface area contributed by atoms with E-state index in [-0.39, 0.29) is 0 Å². The van der Waals surface area contributed by atoms with Crippen LogP contribution in [0.3, 0.4) is 0 Å². The van der Waals surface area contributed by atoms with Crippen LogP contribution in [0.5, 0.6) is 0 Å². The van der Waals surface area contributed by atoms with Crippen LogP contribution in [-0.2, 0) is 19.1 Å². The fourth-order valence-corrected chi connectivity index (χ4v) is 3.15. The van der Waals surface area contributed by atoms with Gasteiger partial charge in [-0.15, -0.1) is 0 Å². The molecule has 0 saturated carbocycles. The summed E-state index contributed by atoms with van der Waals surface area (Å²) in [5.41, 5.74) is 1.99. The molecule has 0 N–H and O–H groups in total. The van der Waals surface area contributed by atoms with Crippen molar-refractivity contribution in [3.63, 3.8) is 0 Å². The van der Waals surface area contributed by atoms with E-state index in [1.165, 1.54) is 10.7 Å². The number of hydrogen-bond acceptors (Lipinski definition) is 3. The van der Waals surface area contributed by atoms with Crippen molar-refractivity contribution < 1.29 is 13.2 Å². The van der Waals surface area contributed by atoms with Gasteiger partial charge in [0.2, 0.25) is 0 Å². The number of rotatable bonds is 4. The van der Waals surface area contributed by atoms with Crippen molar-refractivity contribution in [1.29, 1.82) is 0 Å². The third-order valence-electron chi connectivity index (χ3n) is 4.38. The van der Waals surface area contributed by atoms with Gasteiger partial charge in [0.1, 0.15) is 11.3 Å². The summed E-state index contributed by atoms with van der Waals surface area (Å²) in [4.78, 5) is 9.00. The summed E-state index contributed by atoms with van der Waals surface area (Å²) in [5.74, 6) is 0.792. The summed E-state index contributed by atoms with van der Waals surface area (Å²) in [5, 5.41) is 4.21. The summed E-state index contributed by atoms with van der Waals surface area (Å²) in [6.45, 7) is 2.70. The van der Waals surface area contributed by atoms with Gasteiger partial charge in [0.15, 0.2) is 5.65 Å². The number of hydrogen-bond donors (Lipinski definition) is 0. The Balaban J connectivity index is 1.74. The first kappa shape index (κ1) is 17.3. The standard InChI is InChI=1S/C19H16F3N5/c1-2-26-17(25-16-7-4-9-23-18(16)26)12-15-8-10-24-27(15)14-6-3-5-13(11-14)19(20,21)22/h3-11H,2,12H2,1H3. The maximum Gasteiger partial charge on any atom is 0.416 e. The van der Waals surface area contributed by atoms with E-state index in [0.717, 1.165) is 34.8 Å². The van der Waals surface area contributed by atoms with Gasteiger partial charge in [0.05, 0.1) is 16.9 Å². The summed E-state index contributed by atoms with van der Waals surface area (Å²) < 4.78 is 42.6. The lowest BCUT2D eigenvalue weighted by molar-refractivity contribution is -0.137. The maximum atomic E-state index is 13.0. The van der Waals surface area contributed by atoms with Crippen LogP contribution in [0.1, 0.15) is 24.0 Å². The van der Waals surface area contributed by atoms with E-state index in [2.05, 4.69) is 15.1 Å². The lowest BCUT2D eigenvalue weighted by atomic mass is 10.2. The molecule has 0 fully saturated rings. The van der Waals surface area contributed by atoms with Crippen molar-refractivity contribution in [2.24, 2.45) is 0 Å². The Morgan fingerprint density at radius 3 is 2.67 bits per heavy atom. The van der Waals surface area contributed by atoms with Crippen molar-refractivity contribution in [3.05, 3.63) is 71.9 Å². The molecular weight excluding hydrogens is 355 g/mol. The Labute approximate surface area is 153 Å². The largest absolute Gasteiger partial charge is 0.416 e. The number of imidazole rings is 1. The highest BCUT2D eigenvalue weighted by molar-refractivity contribution is 5.71. The van der Waals surface area contributed by atoms with E-state index in [9.17, 15) is 13.2 Å². The van der Waals surface area contributed by atoms with Gasteiger partial charge in [-0.25, -0.2) is 14.6 Å². The molecule has 8 heteroatoms. The van der Waals surface area contributed by atoms with E-state index in [1.807, 2.05) is 23.6 Å². The third kappa shape index (κ3) is 3.18. The predicted molar refractivity (Wildman–Crippen MR) is 94.6 cm³/mol. The normalized spacial score (nSPS) is 12.0. The maximum absolute atomic E-state index is 13.0. The molecule has 0 amide bonds. The first-order valence-electron chi connectivity index (χ1n) is 8.48. The van der Waals surface area contributed by atoms with Crippen molar-refractivity contribution >= 4 is 11.2 Å². The lowest BCUT2D eigenvalue weighted by Gasteiger charge is -2.11. The van der Waals surface area contributed by atoms with Crippen LogP contribution in [0.15, 0.2) is 54.9 Å². The molecule has 138 valence electrons. The molecule has 5 nitrogen and oxygen atoms in total. The van der Waals surface area contributed by atoms with Crippen molar-refractivity contribution in [1.82, 2.24) is 24.3 Å². The number of benzene rings is 1. The second-order valence-corrected chi connectivity index (χ2v) is 6.08. The zero-order valence-corrected chi connectivity index (χ0v) is 14.5. The Morgan fingerprint density at radius 2 is 1.89 bits per heavy atom. The molecule has 3 heterocycles. The van der Waals surface area contributed by atoms with Gasteiger partial charge in [-0.1, -0.05) is 6.07 Å². The third-order valence-corrected chi connectivity index (χ3v) is 4.38. The number of halogens is 3. The molecule has 0 radical (unpaired) electrons. The smallest absolute Gasteiger partial charge is 0.313 e. The molecule has 0 unspecified atom stereocenters. The molecule has 0 aliphatic rings. The minimum atomic E-state index is -4.40. The number of pyridine rings is 1. The van der Waals surface area contributed by atoms with E-state index >= 15 is 0 Å². The van der Waals surface area contributed by atoms with E-state index < -0.39 is 11.7 Å². The molecule has 3 aromatic heterocycles. The van der Waals surface area contributed by atoms with Crippen molar-refractivity contribution in [2.75, 3.05) is 0 Å². The fourth-order valence-electron chi connectivity index (χ4n) is 3.15. The predicted octanol–water partition coefficient (Wildman–Crippen LogP) is 4.25. The first-order valence-corrected chi connectivity index (χ1v) is 8.48. The molecular formula is C19H16F3N5. The van der Waals surface area contributed by atoms with Gasteiger partial charge in [0, 0.05) is 25.4 Å². The molecule has 0 aliphatic carbocycles. The van der Waals surface area contributed by atoms with Gasteiger partial charge in [0.25, 0.3) is 0 Å². The molecule has 0 bridgehead atoms. The number of nitrogens with zero attached hydrogens (tertiary/aromatic N) is 5. The highest BCUT2D eigenvalue weighted by atomic mass is 19.4. The molecule has 0 atom stereocenters. The Hall–Kier alpha value is -3.16. The zero-order valence-electron chi connectivity index (χ0n) is 14.5. The molecule has 4 aromatic rings. The van der Waals surface area contributed by atoms with E-state index in [0.29, 0.717) is 18.7 Å². The summed E-state index contributed by atoms with van der Waals surface area (Å²) in [6.07, 6.45) is -0.675. The monoisotopic (exact) mass is 371 g/mol. The average Bonchev–Trinajstić information content (AvgIpc) is 3.25. The molecule has 0 spiro atoms. The van der Waals surface area contributed by atoms with Gasteiger partial charge in [-0.2, -0.15) is 18.3 Å². The van der Waals surface area contributed by atoms with Gasteiger partial charge in [-0.05, 0) is 43.3 Å². The summed E-state index contributed by atoms with van der Waals surface area (Å²) >= 11 is 0. The van der Waals surface area contributed by atoms with Gasteiger partial charge < -0.3 is 4.57 Å². The van der Waals surface area contributed by atoms with Crippen molar-refractivity contribution in [3.8, 4) is 5.69 Å². The average molecular weight is 371 g/mol. The molecule has 4 rings (SSSR count). The minimum Gasteiger partial charge on any atom is -0.313 e. The van der Waals surface area contributed by atoms with Crippen LogP contribution >= 0.6 is 0 Å². The van der Waals surface area contributed by atoms with Crippen LogP contribution in [0.25, 0.3) is 16.9 Å². The Kier molecular flexibility index (Phi) is 4.18. The zero-order chi connectivity index (χ0) is 19.0. The Morgan fingerprint density at radius 1 is 1.04 bits per heavy atom. The number of alkyl halides is 3. The van der Waals surface area contributed by atoms with Crippen LogP contribution in [0.4, 0.5) is 13.2 Å². The van der Waals surface area contributed by atoms with Gasteiger partial charge >= 0.3 is 6.18 Å². The Bertz CT molecular complexity index is 1090. The molecule has 0 aliphatic heterocycles. The van der Waals surface area contributed by atoms with Crippen LogP contribution in [0.2, 0.25) is 0 Å². The highest BCUT2D eigenvalue weighted by Crippen LogP contribution is 2.30. The summed E-state index contributed by atoms with van der Waals surface area (Å²) in [6, 6.07) is 10.6. The van der Waals surface area contributed by atoms with Crippen molar-refractivity contribution in [2.45, 2.75) is 26.1 Å². The SMILES string of the molecule is CCn1c(Cc2ccnn2-c2cccc(C(F)(F)F)c2)nc2cccnc21. The first-order chi connectivity index (χ1) is 13.0. The van der Waals surface area contributed by atoms with Crippen LogP contribution in [0, 0.1) is 0 Å². The minimum absolute atomic E-state index is 0.363. The van der Waals surface area contributed by atoms with E-state index in [4.69, 9.17) is 0 Å². The van der Waals surface area contributed by atoms with E-state index in [1.54, 1.807) is 24.5 Å². The molecule has 1 aromatic carbocycles. The molecule has 27 heavy (non-hydrogen) atoms. The number of aromatic nitrogens is 5. The van der Waals surface area contributed by atoms with Crippen LogP contribution < -0.4 is 0 Å². The number of fused-ring (bicyclic) bond motifs is 1. The highest BCUT2D eigenvalue weighted by Gasteiger charge is 2.30. The topological polar surface area (TPSA) is 48.5 Å². The molecule has 0 saturated heterocycles. The second-order valence-electron chi connectivity index (χ2n) is 6.08. The second kappa shape index (κ2) is 6.53. The number of aryl methyl sites for hydroxylation is 1. The fraction of sp³-hybridized carbons (Fsp3) is 0.211. The summed E-state index contributed by atoms with van der Waals surface area (Å²) in [7, 11) is 0. The van der Waals surface area contributed by atoms with Gasteiger partial charge in [-0.3, -0.25) is 0 Å². The van der Waals surface area contributed by atoms with Crippen LogP contribution in [-0.4, -0.2) is 24.3 Å².